The highest BCUT2D eigenvalue weighted by molar-refractivity contribution is 4.92. The van der Waals surface area contributed by atoms with Gasteiger partial charge in [-0.05, 0) is 6.92 Å². The average molecular weight is 161 g/mol. The molecule has 0 amide bonds. The van der Waals surface area contributed by atoms with E-state index in [4.69, 9.17) is 25.7 Å². The number of hydrogen-bond acceptors (Lipinski definition) is 5. The van der Waals surface area contributed by atoms with Gasteiger partial charge in [-0.25, -0.2) is 0 Å². The van der Waals surface area contributed by atoms with Crippen LogP contribution in [0.2, 0.25) is 0 Å². The average Bonchev–Trinajstić information content (AvgIpc) is 2.00. The van der Waals surface area contributed by atoms with Gasteiger partial charge in [0.05, 0.1) is 12.2 Å². The molecule has 0 heterocycles. The fourth-order valence-corrected chi connectivity index (χ4v) is 0.548. The Morgan fingerprint density at radius 1 is 1.09 bits per heavy atom. The lowest BCUT2D eigenvalue weighted by Crippen LogP contribution is -2.42. The molecule has 0 saturated carbocycles. The van der Waals surface area contributed by atoms with Crippen LogP contribution in [0.5, 0.6) is 0 Å². The van der Waals surface area contributed by atoms with Crippen LogP contribution < -0.4 is 0 Å². The smallest absolute Gasteiger partial charge is 0.168 e. The Balaban J connectivity index is 4.03. The maximum Gasteiger partial charge on any atom is 0.168 e. The SMILES string of the molecule is CC(O)C(O)C(O)C(O)C#N. The Hall–Kier alpha value is -0.670. The molecule has 0 bridgehead atoms. The molecule has 5 nitrogen and oxygen atoms in total. The second-order valence-electron chi connectivity index (χ2n) is 2.30. The van der Waals surface area contributed by atoms with Gasteiger partial charge in [0, 0.05) is 0 Å². The van der Waals surface area contributed by atoms with Gasteiger partial charge in [-0.2, -0.15) is 5.26 Å². The summed E-state index contributed by atoms with van der Waals surface area (Å²) in [7, 11) is 0. The van der Waals surface area contributed by atoms with Crippen molar-refractivity contribution in [1.82, 2.24) is 0 Å². The zero-order valence-electron chi connectivity index (χ0n) is 6.05. The zero-order chi connectivity index (χ0) is 9.02. The molecule has 0 radical (unpaired) electrons. The molecule has 0 aliphatic heterocycles. The van der Waals surface area contributed by atoms with Crippen LogP contribution in [0.3, 0.4) is 0 Å². The monoisotopic (exact) mass is 161 g/mol. The van der Waals surface area contributed by atoms with Crippen molar-refractivity contribution in [3.05, 3.63) is 0 Å². The molecule has 0 aromatic rings. The van der Waals surface area contributed by atoms with Gasteiger partial charge in [0.2, 0.25) is 0 Å². The zero-order valence-corrected chi connectivity index (χ0v) is 6.05. The number of hydrogen-bond donors (Lipinski definition) is 4. The summed E-state index contributed by atoms with van der Waals surface area (Å²) < 4.78 is 0. The number of rotatable bonds is 3. The first-order valence-electron chi connectivity index (χ1n) is 3.12. The highest BCUT2D eigenvalue weighted by atomic mass is 16.4. The summed E-state index contributed by atoms with van der Waals surface area (Å²) >= 11 is 0. The van der Waals surface area contributed by atoms with E-state index in [0.29, 0.717) is 0 Å². The predicted octanol–water partition coefficient (Wildman–Crippen LogP) is -2.03. The Labute approximate surface area is 64.1 Å². The van der Waals surface area contributed by atoms with Crippen LogP contribution in [0.4, 0.5) is 0 Å². The number of nitriles is 1. The maximum atomic E-state index is 8.89. The second kappa shape index (κ2) is 4.26. The van der Waals surface area contributed by atoms with E-state index in [-0.39, 0.29) is 0 Å². The minimum atomic E-state index is -1.67. The molecule has 0 spiro atoms. The highest BCUT2D eigenvalue weighted by Crippen LogP contribution is 2.03. The fourth-order valence-electron chi connectivity index (χ4n) is 0.548. The topological polar surface area (TPSA) is 105 Å². The standard InChI is InChI=1S/C6H11NO4/c1-3(8)5(10)6(11)4(9)2-7/h3-6,8-11H,1H3. The van der Waals surface area contributed by atoms with Gasteiger partial charge >= 0.3 is 0 Å². The first kappa shape index (κ1) is 10.3. The van der Waals surface area contributed by atoms with Gasteiger partial charge < -0.3 is 20.4 Å². The van der Waals surface area contributed by atoms with Crippen LogP contribution in [-0.4, -0.2) is 44.8 Å². The Morgan fingerprint density at radius 2 is 1.55 bits per heavy atom. The van der Waals surface area contributed by atoms with Crippen molar-refractivity contribution in [1.29, 1.82) is 5.26 Å². The van der Waals surface area contributed by atoms with Gasteiger partial charge in [0.25, 0.3) is 0 Å². The van der Waals surface area contributed by atoms with E-state index in [0.717, 1.165) is 0 Å². The molecule has 0 aliphatic rings. The van der Waals surface area contributed by atoms with Crippen molar-refractivity contribution in [2.75, 3.05) is 0 Å². The third-order valence-electron chi connectivity index (χ3n) is 1.30. The van der Waals surface area contributed by atoms with Crippen LogP contribution in [0.15, 0.2) is 0 Å². The highest BCUT2D eigenvalue weighted by Gasteiger charge is 2.27. The van der Waals surface area contributed by atoms with Gasteiger partial charge in [-0.1, -0.05) is 0 Å². The van der Waals surface area contributed by atoms with Crippen LogP contribution in [0.25, 0.3) is 0 Å². The van der Waals surface area contributed by atoms with Crippen molar-refractivity contribution in [2.45, 2.75) is 31.3 Å². The first-order valence-corrected chi connectivity index (χ1v) is 3.12. The Morgan fingerprint density at radius 3 is 1.82 bits per heavy atom. The van der Waals surface area contributed by atoms with Crippen LogP contribution in [0.1, 0.15) is 6.92 Å². The van der Waals surface area contributed by atoms with Crippen molar-refractivity contribution in [3.63, 3.8) is 0 Å². The Bertz CT molecular complexity index is 153. The first-order chi connectivity index (χ1) is 5.00. The fraction of sp³-hybridized carbons (Fsp3) is 0.833. The molecule has 4 N–H and O–H groups in total. The number of nitrogens with zero attached hydrogens (tertiary/aromatic N) is 1. The summed E-state index contributed by atoms with van der Waals surface area (Å²) in [5.41, 5.74) is 0. The summed E-state index contributed by atoms with van der Waals surface area (Å²) in [6.07, 6.45) is -5.96. The van der Waals surface area contributed by atoms with E-state index in [1.54, 1.807) is 0 Å². The minimum Gasteiger partial charge on any atom is -0.391 e. The van der Waals surface area contributed by atoms with Crippen molar-refractivity contribution >= 4 is 0 Å². The molecule has 4 atom stereocenters. The Kier molecular flexibility index (Phi) is 4.00. The summed E-state index contributed by atoms with van der Waals surface area (Å²) in [6, 6.07) is 1.33. The molecule has 5 heteroatoms. The quantitative estimate of drug-likeness (QED) is 0.357. The third-order valence-corrected chi connectivity index (χ3v) is 1.30. The van der Waals surface area contributed by atoms with Gasteiger partial charge in [0.1, 0.15) is 12.2 Å². The van der Waals surface area contributed by atoms with Crippen molar-refractivity contribution in [2.24, 2.45) is 0 Å². The van der Waals surface area contributed by atoms with E-state index in [1.165, 1.54) is 13.0 Å². The van der Waals surface area contributed by atoms with E-state index < -0.39 is 24.4 Å². The largest absolute Gasteiger partial charge is 0.391 e. The lowest BCUT2D eigenvalue weighted by Gasteiger charge is -2.20. The molecule has 0 aliphatic carbocycles. The van der Waals surface area contributed by atoms with Crippen molar-refractivity contribution < 1.29 is 20.4 Å². The normalized spacial score (nSPS) is 21.5. The van der Waals surface area contributed by atoms with E-state index in [2.05, 4.69) is 0 Å². The van der Waals surface area contributed by atoms with Gasteiger partial charge in [-0.3, -0.25) is 0 Å². The molecular weight excluding hydrogens is 150 g/mol. The second-order valence-corrected chi connectivity index (χ2v) is 2.30. The summed E-state index contributed by atoms with van der Waals surface area (Å²) in [4.78, 5) is 0. The van der Waals surface area contributed by atoms with E-state index >= 15 is 0 Å². The summed E-state index contributed by atoms with van der Waals surface area (Å²) in [6.45, 7) is 1.25. The summed E-state index contributed by atoms with van der Waals surface area (Å²) in [5.74, 6) is 0. The predicted molar refractivity (Wildman–Crippen MR) is 35.3 cm³/mol. The molecule has 0 aromatic carbocycles. The minimum absolute atomic E-state index is 1.17. The molecule has 4 unspecified atom stereocenters. The van der Waals surface area contributed by atoms with E-state index in [1.807, 2.05) is 0 Å². The van der Waals surface area contributed by atoms with Crippen LogP contribution >= 0.6 is 0 Å². The van der Waals surface area contributed by atoms with Crippen LogP contribution in [-0.2, 0) is 0 Å². The van der Waals surface area contributed by atoms with E-state index in [9.17, 15) is 0 Å². The van der Waals surface area contributed by atoms with Crippen molar-refractivity contribution in [3.8, 4) is 6.07 Å². The number of aliphatic hydroxyl groups is 4. The van der Waals surface area contributed by atoms with Gasteiger partial charge in [0.15, 0.2) is 6.10 Å². The lowest BCUT2D eigenvalue weighted by molar-refractivity contribution is -0.0858. The summed E-state index contributed by atoms with van der Waals surface area (Å²) in [5, 5.41) is 43.2. The van der Waals surface area contributed by atoms with Gasteiger partial charge in [-0.15, -0.1) is 0 Å². The molecule has 11 heavy (non-hydrogen) atoms. The number of aliphatic hydroxyl groups excluding tert-OH is 4. The molecule has 0 fully saturated rings. The van der Waals surface area contributed by atoms with Crippen LogP contribution in [0, 0.1) is 11.3 Å². The molecular formula is C6H11NO4. The third kappa shape index (κ3) is 2.82. The molecule has 0 aromatic heterocycles. The lowest BCUT2D eigenvalue weighted by atomic mass is 10.1. The molecule has 0 rings (SSSR count). The molecule has 0 saturated heterocycles. The maximum absolute atomic E-state index is 8.89. The molecule has 64 valence electrons.